The Kier molecular flexibility index (Phi) is 5.78. The Hall–Kier alpha value is -2.84. The first-order valence-corrected chi connectivity index (χ1v) is 10.2. The molecule has 0 aliphatic carbocycles. The van der Waals surface area contributed by atoms with Crippen LogP contribution >= 0.6 is 15.9 Å². The molecule has 0 saturated carbocycles. The third-order valence-corrected chi connectivity index (χ3v) is 5.55. The zero-order valence-electron chi connectivity index (χ0n) is 16.3. The Morgan fingerprint density at radius 3 is 2.67 bits per heavy atom. The Morgan fingerprint density at radius 1 is 1.17 bits per heavy atom. The number of fused-ring (bicyclic) bond motifs is 1. The molecule has 1 amide bonds. The van der Waals surface area contributed by atoms with Crippen LogP contribution in [0.5, 0.6) is 11.5 Å². The van der Waals surface area contributed by atoms with Crippen LogP contribution in [0.4, 0.5) is 0 Å². The molecule has 2 aliphatic rings. The topological polar surface area (TPSA) is 85.3 Å². The molecule has 1 atom stereocenters. The third kappa shape index (κ3) is 3.68. The highest BCUT2D eigenvalue weighted by molar-refractivity contribution is 9.10. The molecule has 1 N–H and O–H groups in total. The van der Waals surface area contributed by atoms with Crippen LogP contribution in [0.3, 0.4) is 0 Å². The molecule has 1 unspecified atom stereocenters. The number of rotatable bonds is 5. The van der Waals surface area contributed by atoms with Gasteiger partial charge in [0, 0.05) is 23.7 Å². The number of ether oxygens (including phenoxy) is 3. The number of methoxy groups -OCH3 is 1. The van der Waals surface area contributed by atoms with Crippen molar-refractivity contribution >= 4 is 33.4 Å². The standard InChI is InChI=1S/C22H20BrNO6/c1-28-8-7-24-19(13-3-2-4-15(23)11-13)18(21(26)22(24)27)20(25)14-5-6-16-17(12-14)30-10-9-29-16/h2-6,11-12,19,25H,7-10H2,1H3/b20-18+. The fourth-order valence-corrected chi connectivity index (χ4v) is 4.09. The molecule has 7 nitrogen and oxygen atoms in total. The van der Waals surface area contributed by atoms with Crippen LogP contribution in [0.25, 0.3) is 5.76 Å². The van der Waals surface area contributed by atoms with Gasteiger partial charge < -0.3 is 24.2 Å². The van der Waals surface area contributed by atoms with E-state index in [1.165, 1.54) is 12.0 Å². The predicted octanol–water partition coefficient (Wildman–Crippen LogP) is 3.29. The number of Topliss-reactive ketones (excluding diaryl/α,β-unsaturated/α-hetero) is 1. The lowest BCUT2D eigenvalue weighted by Gasteiger charge is -2.25. The number of halogens is 1. The Morgan fingerprint density at radius 2 is 1.93 bits per heavy atom. The first kappa shape index (κ1) is 20.4. The summed E-state index contributed by atoms with van der Waals surface area (Å²) in [5, 5.41) is 11.1. The average molecular weight is 474 g/mol. The number of ketones is 1. The largest absolute Gasteiger partial charge is 0.507 e. The van der Waals surface area contributed by atoms with Gasteiger partial charge in [0.1, 0.15) is 19.0 Å². The first-order valence-electron chi connectivity index (χ1n) is 9.44. The minimum atomic E-state index is -0.733. The molecular formula is C22H20BrNO6. The van der Waals surface area contributed by atoms with Crippen LogP contribution in [0.15, 0.2) is 52.5 Å². The summed E-state index contributed by atoms with van der Waals surface area (Å²) in [6.45, 7) is 1.33. The van der Waals surface area contributed by atoms with Gasteiger partial charge in [0.15, 0.2) is 11.5 Å². The maximum atomic E-state index is 12.9. The van der Waals surface area contributed by atoms with E-state index < -0.39 is 17.7 Å². The van der Waals surface area contributed by atoms with Crippen molar-refractivity contribution in [1.29, 1.82) is 0 Å². The number of amides is 1. The molecule has 2 aromatic rings. The fraction of sp³-hybridized carbons (Fsp3) is 0.273. The maximum absolute atomic E-state index is 12.9. The van der Waals surface area contributed by atoms with Crippen molar-refractivity contribution < 1.29 is 28.9 Å². The van der Waals surface area contributed by atoms with E-state index in [-0.39, 0.29) is 24.5 Å². The quantitative estimate of drug-likeness (QED) is 0.407. The summed E-state index contributed by atoms with van der Waals surface area (Å²) in [6, 6.07) is 11.5. The van der Waals surface area contributed by atoms with Crippen molar-refractivity contribution in [2.75, 3.05) is 33.5 Å². The lowest BCUT2D eigenvalue weighted by atomic mass is 9.95. The summed E-state index contributed by atoms with van der Waals surface area (Å²) in [6.07, 6.45) is 0. The van der Waals surface area contributed by atoms with E-state index >= 15 is 0 Å². The average Bonchev–Trinajstić information content (AvgIpc) is 3.01. The highest BCUT2D eigenvalue weighted by Crippen LogP contribution is 2.41. The van der Waals surface area contributed by atoms with E-state index in [1.807, 2.05) is 24.3 Å². The van der Waals surface area contributed by atoms with Crippen molar-refractivity contribution in [3.05, 3.63) is 63.6 Å². The van der Waals surface area contributed by atoms with Gasteiger partial charge in [-0.25, -0.2) is 0 Å². The second-order valence-electron chi connectivity index (χ2n) is 6.90. The van der Waals surface area contributed by atoms with E-state index in [1.54, 1.807) is 18.2 Å². The zero-order valence-corrected chi connectivity index (χ0v) is 17.8. The molecule has 4 rings (SSSR count). The van der Waals surface area contributed by atoms with Gasteiger partial charge in [-0.2, -0.15) is 0 Å². The molecule has 0 aromatic heterocycles. The van der Waals surface area contributed by atoms with Crippen LogP contribution in [0.1, 0.15) is 17.2 Å². The van der Waals surface area contributed by atoms with Gasteiger partial charge in [-0.3, -0.25) is 9.59 Å². The molecule has 2 heterocycles. The highest BCUT2D eigenvalue weighted by atomic mass is 79.9. The van der Waals surface area contributed by atoms with E-state index in [9.17, 15) is 14.7 Å². The number of likely N-dealkylation sites (tertiary alicyclic amines) is 1. The van der Waals surface area contributed by atoms with Crippen molar-refractivity contribution in [2.24, 2.45) is 0 Å². The number of hydrogen-bond acceptors (Lipinski definition) is 6. The minimum absolute atomic E-state index is 0.0332. The molecule has 30 heavy (non-hydrogen) atoms. The lowest BCUT2D eigenvalue weighted by molar-refractivity contribution is -0.140. The van der Waals surface area contributed by atoms with Crippen molar-refractivity contribution in [3.8, 4) is 11.5 Å². The summed E-state index contributed by atoms with van der Waals surface area (Å²) in [7, 11) is 1.53. The maximum Gasteiger partial charge on any atom is 0.295 e. The molecule has 1 saturated heterocycles. The van der Waals surface area contributed by atoms with E-state index in [0.717, 1.165) is 4.47 Å². The van der Waals surface area contributed by atoms with Gasteiger partial charge in [-0.15, -0.1) is 0 Å². The number of aliphatic hydroxyl groups excluding tert-OH is 1. The summed E-state index contributed by atoms with van der Waals surface area (Å²) in [5.41, 5.74) is 1.12. The molecule has 2 aromatic carbocycles. The van der Waals surface area contributed by atoms with Gasteiger partial charge in [-0.05, 0) is 35.9 Å². The van der Waals surface area contributed by atoms with Crippen LogP contribution in [0.2, 0.25) is 0 Å². The lowest BCUT2D eigenvalue weighted by Crippen LogP contribution is -2.32. The Bertz CT molecular complexity index is 1030. The molecule has 0 radical (unpaired) electrons. The SMILES string of the molecule is COCCN1C(=O)C(=O)/C(=C(/O)c2ccc3c(c2)OCCO3)C1c1cccc(Br)c1. The Labute approximate surface area is 182 Å². The third-order valence-electron chi connectivity index (χ3n) is 5.06. The Balaban J connectivity index is 1.84. The van der Waals surface area contributed by atoms with Crippen molar-refractivity contribution in [1.82, 2.24) is 4.90 Å². The van der Waals surface area contributed by atoms with Gasteiger partial charge in [0.05, 0.1) is 18.2 Å². The molecule has 0 bridgehead atoms. The van der Waals surface area contributed by atoms with Crippen molar-refractivity contribution in [3.63, 3.8) is 0 Å². The number of carbonyl (C=O) groups excluding carboxylic acids is 2. The van der Waals surface area contributed by atoms with E-state index in [0.29, 0.717) is 35.8 Å². The van der Waals surface area contributed by atoms with Gasteiger partial charge in [0.25, 0.3) is 11.7 Å². The van der Waals surface area contributed by atoms with Crippen LogP contribution < -0.4 is 9.47 Å². The van der Waals surface area contributed by atoms with E-state index in [2.05, 4.69) is 15.9 Å². The van der Waals surface area contributed by atoms with Crippen LogP contribution in [-0.4, -0.2) is 55.2 Å². The van der Waals surface area contributed by atoms with Gasteiger partial charge in [0.2, 0.25) is 0 Å². The monoisotopic (exact) mass is 473 g/mol. The zero-order chi connectivity index (χ0) is 21.3. The smallest absolute Gasteiger partial charge is 0.295 e. The summed E-state index contributed by atoms with van der Waals surface area (Å²) in [5.74, 6) is -0.602. The predicted molar refractivity (Wildman–Crippen MR) is 112 cm³/mol. The second-order valence-corrected chi connectivity index (χ2v) is 7.81. The van der Waals surface area contributed by atoms with Crippen molar-refractivity contribution in [2.45, 2.75) is 6.04 Å². The summed E-state index contributed by atoms with van der Waals surface area (Å²) >= 11 is 3.43. The molecule has 2 aliphatic heterocycles. The number of carbonyl (C=O) groups is 2. The number of nitrogens with zero attached hydrogens (tertiary/aromatic N) is 1. The first-order chi connectivity index (χ1) is 14.5. The second kappa shape index (κ2) is 8.49. The molecule has 1 fully saturated rings. The number of aliphatic hydroxyl groups is 1. The molecule has 8 heteroatoms. The van der Waals surface area contributed by atoms with Crippen LogP contribution in [-0.2, 0) is 14.3 Å². The number of benzene rings is 2. The fourth-order valence-electron chi connectivity index (χ4n) is 3.67. The van der Waals surface area contributed by atoms with Crippen LogP contribution in [0, 0.1) is 0 Å². The van der Waals surface area contributed by atoms with Gasteiger partial charge >= 0.3 is 0 Å². The normalized spacial score (nSPS) is 19.9. The highest BCUT2D eigenvalue weighted by Gasteiger charge is 2.46. The summed E-state index contributed by atoms with van der Waals surface area (Å²) in [4.78, 5) is 27.1. The molecule has 156 valence electrons. The molecular weight excluding hydrogens is 454 g/mol. The van der Waals surface area contributed by atoms with Gasteiger partial charge in [-0.1, -0.05) is 28.1 Å². The number of hydrogen-bond donors (Lipinski definition) is 1. The molecule has 0 spiro atoms. The minimum Gasteiger partial charge on any atom is -0.507 e. The summed E-state index contributed by atoms with van der Waals surface area (Å²) < 4.78 is 17.0. The van der Waals surface area contributed by atoms with E-state index in [4.69, 9.17) is 14.2 Å².